The van der Waals surface area contributed by atoms with Crippen molar-refractivity contribution in [1.29, 1.82) is 0 Å². The summed E-state index contributed by atoms with van der Waals surface area (Å²) < 4.78 is 0. The van der Waals surface area contributed by atoms with Crippen LogP contribution in [0.2, 0.25) is 0 Å². The Balaban J connectivity index is 1.69. The molecule has 5 nitrogen and oxygen atoms in total. The lowest BCUT2D eigenvalue weighted by atomic mass is 9.85. The van der Waals surface area contributed by atoms with Gasteiger partial charge in [0, 0.05) is 25.6 Å². The number of carbonyl (C=O) groups excluding carboxylic acids is 1. The molecule has 0 aliphatic carbocycles. The van der Waals surface area contributed by atoms with E-state index < -0.39 is 0 Å². The van der Waals surface area contributed by atoms with Gasteiger partial charge < -0.3 is 16.0 Å². The van der Waals surface area contributed by atoms with Gasteiger partial charge in [-0.15, -0.1) is 0 Å². The molecule has 106 valence electrons. The number of hydrogen-bond acceptors (Lipinski definition) is 4. The minimum absolute atomic E-state index is 0.196. The van der Waals surface area contributed by atoms with E-state index in [4.69, 9.17) is 18.0 Å². The Kier molecular flexibility index (Phi) is 3.56. The van der Waals surface area contributed by atoms with E-state index in [0.717, 1.165) is 31.6 Å². The van der Waals surface area contributed by atoms with E-state index in [1.54, 1.807) is 0 Å². The third-order valence-electron chi connectivity index (χ3n) is 4.19. The van der Waals surface area contributed by atoms with Crippen molar-refractivity contribution in [3.8, 4) is 0 Å². The molecule has 6 heteroatoms. The molecule has 0 saturated carbocycles. The van der Waals surface area contributed by atoms with Gasteiger partial charge in [0.25, 0.3) is 0 Å². The molecule has 0 aromatic carbocycles. The fourth-order valence-corrected chi connectivity index (χ4v) is 3.18. The molecule has 2 saturated heterocycles. The summed E-state index contributed by atoms with van der Waals surface area (Å²) in [4.78, 5) is 18.4. The van der Waals surface area contributed by atoms with Crippen LogP contribution in [0.3, 0.4) is 0 Å². The van der Waals surface area contributed by atoms with Crippen LogP contribution in [0.5, 0.6) is 0 Å². The summed E-state index contributed by atoms with van der Waals surface area (Å²) >= 11 is 4.91. The number of nitrogens with zero attached hydrogens (tertiary/aromatic N) is 2. The maximum atomic E-state index is 11.4. The Morgan fingerprint density at radius 3 is 3.00 bits per heavy atom. The first-order valence-electron chi connectivity index (χ1n) is 6.93. The van der Waals surface area contributed by atoms with Gasteiger partial charge in [-0.2, -0.15) is 0 Å². The van der Waals surface area contributed by atoms with Crippen LogP contribution in [0.1, 0.15) is 25.0 Å². The van der Waals surface area contributed by atoms with E-state index >= 15 is 0 Å². The topological polar surface area (TPSA) is 71.2 Å². The second-order valence-electron chi connectivity index (χ2n) is 5.47. The number of aromatic nitrogens is 1. The SMILES string of the molecule is NC(=S)c1ccc(N2CCC3NC(=O)CCC3C2)cn1. The van der Waals surface area contributed by atoms with E-state index in [1.807, 2.05) is 18.3 Å². The van der Waals surface area contributed by atoms with Gasteiger partial charge in [-0.3, -0.25) is 9.78 Å². The summed E-state index contributed by atoms with van der Waals surface area (Å²) in [7, 11) is 0. The molecule has 2 aliphatic rings. The summed E-state index contributed by atoms with van der Waals surface area (Å²) in [6, 6.07) is 4.23. The number of thiocarbonyl (C=S) groups is 1. The van der Waals surface area contributed by atoms with Gasteiger partial charge in [-0.05, 0) is 30.9 Å². The lowest BCUT2D eigenvalue weighted by Crippen LogP contribution is -2.54. The number of fused-ring (bicyclic) bond motifs is 1. The number of carbonyl (C=O) groups is 1. The molecule has 2 atom stereocenters. The van der Waals surface area contributed by atoms with Crippen molar-refractivity contribution in [1.82, 2.24) is 10.3 Å². The minimum Gasteiger partial charge on any atom is -0.388 e. The number of rotatable bonds is 2. The van der Waals surface area contributed by atoms with Gasteiger partial charge in [-0.1, -0.05) is 12.2 Å². The fourth-order valence-electron chi connectivity index (χ4n) is 3.06. The van der Waals surface area contributed by atoms with E-state index in [2.05, 4.69) is 15.2 Å². The fraction of sp³-hybridized carbons (Fsp3) is 0.500. The highest BCUT2D eigenvalue weighted by atomic mass is 32.1. The molecular formula is C14H18N4OS. The van der Waals surface area contributed by atoms with Crippen LogP contribution >= 0.6 is 12.2 Å². The maximum absolute atomic E-state index is 11.4. The van der Waals surface area contributed by atoms with E-state index in [9.17, 15) is 4.79 Å². The van der Waals surface area contributed by atoms with E-state index in [0.29, 0.717) is 29.1 Å². The number of piperidine rings is 2. The van der Waals surface area contributed by atoms with Crippen LogP contribution < -0.4 is 16.0 Å². The van der Waals surface area contributed by atoms with Crippen molar-refractivity contribution >= 4 is 28.8 Å². The smallest absolute Gasteiger partial charge is 0.220 e. The number of nitrogens with one attached hydrogen (secondary N) is 1. The second-order valence-corrected chi connectivity index (χ2v) is 5.91. The molecule has 3 N–H and O–H groups in total. The van der Waals surface area contributed by atoms with Gasteiger partial charge in [-0.25, -0.2) is 0 Å². The molecule has 0 bridgehead atoms. The highest BCUT2D eigenvalue weighted by Crippen LogP contribution is 2.28. The monoisotopic (exact) mass is 290 g/mol. The molecule has 3 rings (SSSR count). The Labute approximate surface area is 123 Å². The van der Waals surface area contributed by atoms with Crippen molar-refractivity contribution in [2.24, 2.45) is 11.7 Å². The quantitative estimate of drug-likeness (QED) is 0.789. The predicted octanol–water partition coefficient (Wildman–Crippen LogP) is 0.821. The van der Waals surface area contributed by atoms with Crippen LogP contribution in [0.4, 0.5) is 5.69 Å². The number of pyridine rings is 1. The molecule has 0 spiro atoms. The highest BCUT2D eigenvalue weighted by molar-refractivity contribution is 7.80. The number of anilines is 1. The number of nitrogens with two attached hydrogens (primary N) is 1. The maximum Gasteiger partial charge on any atom is 0.220 e. The zero-order valence-corrected chi connectivity index (χ0v) is 12.0. The summed E-state index contributed by atoms with van der Waals surface area (Å²) in [5.41, 5.74) is 7.31. The van der Waals surface area contributed by atoms with Crippen molar-refractivity contribution in [2.75, 3.05) is 18.0 Å². The third kappa shape index (κ3) is 2.60. The minimum atomic E-state index is 0.196. The first-order chi connectivity index (χ1) is 9.63. The van der Waals surface area contributed by atoms with Gasteiger partial charge >= 0.3 is 0 Å². The molecule has 2 aliphatic heterocycles. The van der Waals surface area contributed by atoms with Gasteiger partial charge in [0.15, 0.2) is 0 Å². The van der Waals surface area contributed by atoms with Gasteiger partial charge in [0.2, 0.25) is 5.91 Å². The van der Waals surface area contributed by atoms with Crippen molar-refractivity contribution in [2.45, 2.75) is 25.3 Å². The van der Waals surface area contributed by atoms with E-state index in [1.165, 1.54) is 0 Å². The lowest BCUT2D eigenvalue weighted by Gasteiger charge is -2.42. The van der Waals surface area contributed by atoms with Gasteiger partial charge in [0.1, 0.15) is 4.99 Å². The molecule has 2 fully saturated rings. The number of hydrogen-bond donors (Lipinski definition) is 2. The van der Waals surface area contributed by atoms with Crippen LogP contribution in [0, 0.1) is 5.92 Å². The van der Waals surface area contributed by atoms with Crippen LogP contribution in [-0.2, 0) is 4.79 Å². The second kappa shape index (κ2) is 5.36. The zero-order chi connectivity index (χ0) is 14.1. The molecule has 1 aromatic rings. The number of amides is 1. The molecule has 20 heavy (non-hydrogen) atoms. The lowest BCUT2D eigenvalue weighted by molar-refractivity contribution is -0.124. The van der Waals surface area contributed by atoms with Crippen LogP contribution in [-0.4, -0.2) is 35.0 Å². The average molecular weight is 290 g/mol. The summed E-state index contributed by atoms with van der Waals surface area (Å²) in [6.45, 7) is 1.91. The predicted molar refractivity (Wildman–Crippen MR) is 81.6 cm³/mol. The molecule has 3 heterocycles. The van der Waals surface area contributed by atoms with Crippen molar-refractivity contribution in [3.63, 3.8) is 0 Å². The average Bonchev–Trinajstić information content (AvgIpc) is 2.47. The Morgan fingerprint density at radius 2 is 2.30 bits per heavy atom. The van der Waals surface area contributed by atoms with Crippen molar-refractivity contribution < 1.29 is 4.79 Å². The summed E-state index contributed by atoms with van der Waals surface area (Å²) in [5.74, 6) is 0.735. The molecule has 2 unspecified atom stereocenters. The van der Waals surface area contributed by atoms with Crippen LogP contribution in [0.15, 0.2) is 18.3 Å². The van der Waals surface area contributed by atoms with Gasteiger partial charge in [0.05, 0.1) is 17.6 Å². The summed E-state index contributed by atoms with van der Waals surface area (Å²) in [6.07, 6.45) is 4.45. The third-order valence-corrected chi connectivity index (χ3v) is 4.40. The molecular weight excluding hydrogens is 272 g/mol. The largest absolute Gasteiger partial charge is 0.388 e. The Hall–Kier alpha value is -1.69. The molecule has 0 radical (unpaired) electrons. The molecule has 1 amide bonds. The van der Waals surface area contributed by atoms with E-state index in [-0.39, 0.29) is 5.91 Å². The Bertz CT molecular complexity index is 530. The van der Waals surface area contributed by atoms with Crippen LogP contribution in [0.25, 0.3) is 0 Å². The zero-order valence-electron chi connectivity index (χ0n) is 11.2. The Morgan fingerprint density at radius 1 is 1.45 bits per heavy atom. The highest BCUT2D eigenvalue weighted by Gasteiger charge is 2.33. The standard InChI is InChI=1S/C14H18N4OS/c15-14(20)12-3-2-10(7-16-12)18-6-5-11-9(8-18)1-4-13(19)17-11/h2-3,7,9,11H,1,4-6,8H2,(H2,15,20)(H,17,19). The first kappa shape index (κ1) is 13.3. The normalized spacial score (nSPS) is 25.8. The van der Waals surface area contributed by atoms with Crippen molar-refractivity contribution in [3.05, 3.63) is 24.0 Å². The first-order valence-corrected chi connectivity index (χ1v) is 7.34. The molecule has 1 aromatic heterocycles. The summed E-state index contributed by atoms with van der Waals surface area (Å²) in [5, 5.41) is 3.10.